The molecule has 0 amide bonds. The first kappa shape index (κ1) is 15.3. The van der Waals surface area contributed by atoms with E-state index in [2.05, 4.69) is 112 Å². The van der Waals surface area contributed by atoms with E-state index in [1.807, 2.05) is 0 Å². The first-order valence-electron chi connectivity index (χ1n) is 8.08. The van der Waals surface area contributed by atoms with E-state index in [-0.39, 0.29) is 6.17 Å². The van der Waals surface area contributed by atoms with Gasteiger partial charge >= 0.3 is 0 Å². The van der Waals surface area contributed by atoms with E-state index in [0.29, 0.717) is 0 Å². The van der Waals surface area contributed by atoms with Crippen LogP contribution in [0.25, 0.3) is 0 Å². The van der Waals surface area contributed by atoms with Gasteiger partial charge in [-0.25, -0.2) is 0 Å². The number of benzene rings is 3. The van der Waals surface area contributed by atoms with Crippen molar-refractivity contribution >= 4 is 33.0 Å². The van der Waals surface area contributed by atoms with Crippen LogP contribution in [0.4, 0.5) is 17.1 Å². The van der Waals surface area contributed by atoms with Gasteiger partial charge in [0.2, 0.25) is 0 Å². The molecule has 2 nitrogen and oxygen atoms in total. The second-order valence-electron chi connectivity index (χ2n) is 6.24. The van der Waals surface area contributed by atoms with Crippen LogP contribution in [-0.2, 0) is 0 Å². The fraction of sp³-hybridized carbons (Fsp3) is 0.143. The number of fused-ring (bicyclic) bond motifs is 1. The van der Waals surface area contributed by atoms with Gasteiger partial charge in [-0.2, -0.15) is 0 Å². The van der Waals surface area contributed by atoms with Gasteiger partial charge in [0.25, 0.3) is 0 Å². The average Bonchev–Trinajstić information content (AvgIpc) is 2.88. The van der Waals surface area contributed by atoms with E-state index in [0.717, 1.165) is 4.47 Å². The second-order valence-corrected chi connectivity index (χ2v) is 7.16. The third-order valence-corrected chi connectivity index (χ3v) is 4.99. The molecule has 1 aliphatic heterocycles. The standard InChI is InChI=1S/C21H19BrN2/c1-15-12-16(14-17(22)13-15)21-23(2)19-10-6-7-11-20(19)24(21)18-8-4-3-5-9-18/h3-14,21H,1-2H3. The largest absolute Gasteiger partial charge is 0.349 e. The smallest absolute Gasteiger partial charge is 0.132 e. The van der Waals surface area contributed by atoms with Gasteiger partial charge in [0.05, 0.1) is 11.4 Å². The third-order valence-electron chi connectivity index (χ3n) is 4.53. The molecule has 3 aromatic carbocycles. The fourth-order valence-electron chi connectivity index (χ4n) is 3.56. The molecule has 1 atom stereocenters. The number of hydrogen-bond donors (Lipinski definition) is 0. The van der Waals surface area contributed by atoms with Crippen molar-refractivity contribution in [1.82, 2.24) is 0 Å². The SMILES string of the molecule is Cc1cc(Br)cc(C2N(C)c3ccccc3N2c2ccccc2)c1. The van der Waals surface area contributed by atoms with Crippen LogP contribution in [0, 0.1) is 6.92 Å². The summed E-state index contributed by atoms with van der Waals surface area (Å²) in [5.74, 6) is 0. The first-order valence-corrected chi connectivity index (χ1v) is 8.88. The molecule has 0 aromatic heterocycles. The number of nitrogens with zero attached hydrogens (tertiary/aromatic N) is 2. The predicted molar refractivity (Wildman–Crippen MR) is 105 cm³/mol. The molecule has 0 radical (unpaired) electrons. The highest BCUT2D eigenvalue weighted by molar-refractivity contribution is 9.10. The molecular weight excluding hydrogens is 360 g/mol. The van der Waals surface area contributed by atoms with Gasteiger partial charge in [-0.1, -0.05) is 52.3 Å². The summed E-state index contributed by atoms with van der Waals surface area (Å²) in [6.45, 7) is 2.14. The molecule has 0 spiro atoms. The Kier molecular flexibility index (Phi) is 3.81. The van der Waals surface area contributed by atoms with Crippen LogP contribution >= 0.6 is 15.9 Å². The van der Waals surface area contributed by atoms with Crippen molar-refractivity contribution < 1.29 is 0 Å². The molecule has 0 bridgehead atoms. The Morgan fingerprint density at radius 3 is 2.21 bits per heavy atom. The summed E-state index contributed by atoms with van der Waals surface area (Å²) in [7, 11) is 2.17. The molecule has 0 saturated heterocycles. The molecule has 3 aromatic rings. The molecule has 1 unspecified atom stereocenters. The minimum atomic E-state index is 0.140. The molecular formula is C21H19BrN2. The lowest BCUT2D eigenvalue weighted by atomic mass is 10.1. The van der Waals surface area contributed by atoms with Crippen molar-refractivity contribution in [3.05, 3.63) is 88.4 Å². The topological polar surface area (TPSA) is 6.48 Å². The number of anilines is 3. The molecule has 0 saturated carbocycles. The molecule has 4 rings (SSSR count). The number of hydrogen-bond acceptors (Lipinski definition) is 2. The zero-order valence-electron chi connectivity index (χ0n) is 13.8. The summed E-state index contributed by atoms with van der Waals surface area (Å²) >= 11 is 3.65. The molecule has 0 aliphatic carbocycles. The van der Waals surface area contributed by atoms with Crippen LogP contribution in [0.1, 0.15) is 17.3 Å². The molecule has 1 aliphatic rings. The van der Waals surface area contributed by atoms with Gasteiger partial charge in [-0.15, -0.1) is 0 Å². The van der Waals surface area contributed by atoms with Crippen molar-refractivity contribution in [2.75, 3.05) is 16.8 Å². The summed E-state index contributed by atoms with van der Waals surface area (Å²) in [5, 5.41) is 0. The van der Waals surface area contributed by atoms with Crippen LogP contribution < -0.4 is 9.80 Å². The van der Waals surface area contributed by atoms with E-state index in [4.69, 9.17) is 0 Å². The van der Waals surface area contributed by atoms with Gasteiger partial charge in [-0.3, -0.25) is 0 Å². The van der Waals surface area contributed by atoms with Crippen LogP contribution in [0.15, 0.2) is 77.3 Å². The van der Waals surface area contributed by atoms with E-state index in [1.165, 1.54) is 28.2 Å². The summed E-state index contributed by atoms with van der Waals surface area (Å²) < 4.78 is 1.12. The lowest BCUT2D eigenvalue weighted by molar-refractivity contribution is 0.717. The number of rotatable bonds is 2. The maximum Gasteiger partial charge on any atom is 0.132 e. The molecule has 24 heavy (non-hydrogen) atoms. The van der Waals surface area contributed by atoms with Crippen LogP contribution in [-0.4, -0.2) is 7.05 Å². The Balaban J connectivity index is 1.91. The minimum Gasteiger partial charge on any atom is -0.349 e. The second kappa shape index (κ2) is 5.99. The molecule has 3 heteroatoms. The van der Waals surface area contributed by atoms with Gasteiger partial charge < -0.3 is 9.80 Å². The van der Waals surface area contributed by atoms with Gasteiger partial charge in [0.1, 0.15) is 6.17 Å². The summed E-state index contributed by atoms with van der Waals surface area (Å²) in [4.78, 5) is 4.76. The Morgan fingerprint density at radius 1 is 0.833 bits per heavy atom. The van der Waals surface area contributed by atoms with Crippen molar-refractivity contribution in [3.63, 3.8) is 0 Å². The molecule has 0 N–H and O–H groups in total. The van der Waals surface area contributed by atoms with Crippen LogP contribution in [0.3, 0.4) is 0 Å². The van der Waals surface area contributed by atoms with Gasteiger partial charge in [0.15, 0.2) is 0 Å². The zero-order valence-corrected chi connectivity index (χ0v) is 15.4. The van der Waals surface area contributed by atoms with Crippen molar-refractivity contribution in [2.24, 2.45) is 0 Å². The lowest BCUT2D eigenvalue weighted by Gasteiger charge is -2.31. The number of para-hydroxylation sites is 3. The highest BCUT2D eigenvalue weighted by Gasteiger charge is 2.35. The van der Waals surface area contributed by atoms with Crippen LogP contribution in [0.2, 0.25) is 0 Å². The Morgan fingerprint density at radius 2 is 1.50 bits per heavy atom. The van der Waals surface area contributed by atoms with Gasteiger partial charge in [0, 0.05) is 17.2 Å². The summed E-state index contributed by atoms with van der Waals surface area (Å²) in [6.07, 6.45) is 0.140. The van der Waals surface area contributed by atoms with Crippen molar-refractivity contribution in [1.29, 1.82) is 0 Å². The molecule has 120 valence electrons. The maximum atomic E-state index is 3.65. The minimum absolute atomic E-state index is 0.140. The maximum absolute atomic E-state index is 3.65. The average molecular weight is 379 g/mol. The van der Waals surface area contributed by atoms with Crippen molar-refractivity contribution in [3.8, 4) is 0 Å². The third kappa shape index (κ3) is 2.49. The fourth-order valence-corrected chi connectivity index (χ4v) is 4.18. The molecule has 1 heterocycles. The first-order chi connectivity index (χ1) is 11.6. The quantitative estimate of drug-likeness (QED) is 0.535. The highest BCUT2D eigenvalue weighted by atomic mass is 79.9. The van der Waals surface area contributed by atoms with E-state index < -0.39 is 0 Å². The van der Waals surface area contributed by atoms with E-state index in [9.17, 15) is 0 Å². The normalized spacial score (nSPS) is 16.4. The Bertz CT molecular complexity index is 856. The van der Waals surface area contributed by atoms with Gasteiger partial charge in [-0.05, 0) is 54.4 Å². The molecule has 0 fully saturated rings. The highest BCUT2D eigenvalue weighted by Crippen LogP contribution is 2.49. The summed E-state index contributed by atoms with van der Waals surface area (Å²) in [6, 6.07) is 25.8. The van der Waals surface area contributed by atoms with Crippen LogP contribution in [0.5, 0.6) is 0 Å². The summed E-state index contributed by atoms with van der Waals surface area (Å²) in [5.41, 5.74) is 6.25. The zero-order chi connectivity index (χ0) is 16.7. The van der Waals surface area contributed by atoms with E-state index in [1.54, 1.807) is 0 Å². The van der Waals surface area contributed by atoms with Crippen molar-refractivity contribution in [2.45, 2.75) is 13.1 Å². The van der Waals surface area contributed by atoms with E-state index >= 15 is 0 Å². The predicted octanol–water partition coefficient (Wildman–Crippen LogP) is 6.04. The number of aryl methyl sites for hydroxylation is 1. The Labute approximate surface area is 151 Å². The number of halogens is 1. The monoisotopic (exact) mass is 378 g/mol. The lowest BCUT2D eigenvalue weighted by Crippen LogP contribution is -2.30. The Hall–Kier alpha value is -2.26.